The van der Waals surface area contributed by atoms with Gasteiger partial charge in [-0.3, -0.25) is 39.1 Å². The predicted molar refractivity (Wildman–Crippen MR) is 216 cm³/mol. The Morgan fingerprint density at radius 3 is 2.33 bits per heavy atom. The smallest absolute Gasteiger partial charge is 0.275 e. The Kier molecular flexibility index (Phi) is 9.48. The summed E-state index contributed by atoms with van der Waals surface area (Å²) < 4.78 is 21.9. The molecule has 2 aliphatic carbocycles. The van der Waals surface area contributed by atoms with Gasteiger partial charge in [0.2, 0.25) is 17.5 Å². The number of rotatable bonds is 6. The van der Waals surface area contributed by atoms with Gasteiger partial charge >= 0.3 is 0 Å². The average molecular weight is 833 g/mol. The molecule has 1 unspecified atom stereocenters. The lowest BCUT2D eigenvalue weighted by atomic mass is 9.49. The molecule has 3 aromatic rings. The number of carbonyl (C=O) groups excluding carboxylic acids is 5. The Bertz CT molecular complexity index is 2500. The fourth-order valence-electron chi connectivity index (χ4n) is 10.6. The highest BCUT2D eigenvalue weighted by atomic mass is 35.5. The number of imide groups is 2. The summed E-state index contributed by atoms with van der Waals surface area (Å²) in [6, 6.07) is 6.61. The van der Waals surface area contributed by atoms with Crippen molar-refractivity contribution in [3.63, 3.8) is 0 Å². The third kappa shape index (κ3) is 6.37. The van der Waals surface area contributed by atoms with E-state index in [0.29, 0.717) is 72.3 Å². The van der Waals surface area contributed by atoms with E-state index in [9.17, 15) is 24.0 Å². The Balaban J connectivity index is 0.785. The van der Waals surface area contributed by atoms with Crippen molar-refractivity contribution >= 4 is 52.5 Å². The van der Waals surface area contributed by atoms with Crippen molar-refractivity contribution in [1.29, 1.82) is 0 Å². The molecule has 4 fully saturated rings. The first-order chi connectivity index (χ1) is 28.6. The Morgan fingerprint density at radius 2 is 1.67 bits per heavy atom. The fourth-order valence-corrected chi connectivity index (χ4v) is 10.8. The Labute approximate surface area is 351 Å². The van der Waals surface area contributed by atoms with E-state index in [2.05, 4.69) is 59.6 Å². The molecule has 1 aromatic heterocycles. The number of nitrogens with one attached hydrogen (secondary N) is 1. The number of fused-ring (bicyclic) bond motifs is 2. The summed E-state index contributed by atoms with van der Waals surface area (Å²) in [5, 5.41) is 2.51. The fraction of sp³-hybridized carbons (Fsp3) is 0.455. The largest absolute Gasteiger partial charge is 0.489 e. The van der Waals surface area contributed by atoms with Gasteiger partial charge in [-0.2, -0.15) is 0 Å². The number of piperazine rings is 1. The second-order valence-electron chi connectivity index (χ2n) is 17.7. The van der Waals surface area contributed by atoms with Crippen molar-refractivity contribution in [3.05, 3.63) is 87.0 Å². The van der Waals surface area contributed by atoms with Crippen molar-refractivity contribution < 1.29 is 33.1 Å². The number of piperidine rings is 1. The predicted octanol–water partition coefficient (Wildman–Crippen LogP) is 5.01. The summed E-state index contributed by atoms with van der Waals surface area (Å²) in [6.45, 7) is 18.4. The molecule has 2 saturated carbocycles. The van der Waals surface area contributed by atoms with E-state index in [4.69, 9.17) is 27.9 Å². The number of hydrogen-bond donors (Lipinski definition) is 1. The minimum atomic E-state index is -1.11. The molecule has 9 rings (SSSR count). The van der Waals surface area contributed by atoms with E-state index < -0.39 is 46.3 Å². The second kappa shape index (κ2) is 14.4. The van der Waals surface area contributed by atoms with Crippen molar-refractivity contribution in [3.8, 4) is 17.6 Å². The van der Waals surface area contributed by atoms with E-state index >= 15 is 4.39 Å². The normalized spacial score (nSPS) is 26.6. The second-order valence-corrected chi connectivity index (χ2v) is 18.1. The zero-order valence-electron chi connectivity index (χ0n) is 33.6. The van der Waals surface area contributed by atoms with Gasteiger partial charge in [-0.25, -0.2) is 19.2 Å². The van der Waals surface area contributed by atoms with E-state index in [1.807, 2.05) is 9.80 Å². The number of ether oxygens (including phenoxy) is 1. The number of halogens is 2. The first kappa shape index (κ1) is 39.6. The van der Waals surface area contributed by atoms with Gasteiger partial charge in [0.1, 0.15) is 29.4 Å². The first-order valence-corrected chi connectivity index (χ1v) is 20.5. The Hall–Kier alpha value is -5.90. The van der Waals surface area contributed by atoms with Crippen LogP contribution in [0.1, 0.15) is 96.0 Å². The summed E-state index contributed by atoms with van der Waals surface area (Å²) in [6.07, 6.45) is 3.13. The molecular weight excluding hydrogens is 791 g/mol. The maximum Gasteiger partial charge on any atom is 0.275 e. The standard InChI is InChI=1S/C44H42ClFN8O6/c1-43(2)41(44(3,4)42(43)60-26-8-9-31(47-5)29(45)18-26)53-22-32-36(40(53)59)48-21-24(49-32)7-6-23-16-25(17-23)51-12-14-52(15-13-51)34-20-28-27(19-30(34)46)38(57)54(39(28)58)33-10-11-35(55)50-37(33)56/h8-9,18-21,23,25,33,41-42H,10-17,22H2,1-4H3,(H,50,55,56). The van der Waals surface area contributed by atoms with Crippen LogP contribution in [0, 0.1) is 41.0 Å². The SMILES string of the molecule is [C-]#[N+]c1ccc(OC2C(C)(C)C(N3Cc4nc(C#CC5CC(N6CCN(c7cc8c(cc7F)C(=O)N(C7CCC(=O)NC7=O)C8=O)CC6)C5)cnc4C3=O)C2(C)C)cc1Cl. The molecule has 60 heavy (non-hydrogen) atoms. The number of benzene rings is 2. The van der Waals surface area contributed by atoms with Crippen LogP contribution in [-0.2, 0) is 16.1 Å². The van der Waals surface area contributed by atoms with E-state index in [0.717, 1.165) is 23.8 Å². The summed E-state index contributed by atoms with van der Waals surface area (Å²) >= 11 is 6.28. The van der Waals surface area contributed by atoms with Crippen LogP contribution in [0.15, 0.2) is 36.5 Å². The minimum Gasteiger partial charge on any atom is -0.489 e. The van der Waals surface area contributed by atoms with Crippen LogP contribution < -0.4 is 15.0 Å². The maximum absolute atomic E-state index is 15.5. The molecule has 16 heteroatoms. The van der Waals surface area contributed by atoms with Gasteiger partial charge in [0, 0.05) is 61.4 Å². The van der Waals surface area contributed by atoms with E-state index in [1.54, 1.807) is 24.4 Å². The lowest BCUT2D eigenvalue weighted by molar-refractivity contribution is -0.199. The van der Waals surface area contributed by atoms with Crippen molar-refractivity contribution in [2.75, 3.05) is 31.1 Å². The number of aromatic nitrogens is 2. The molecule has 6 aliphatic rings. The lowest BCUT2D eigenvalue weighted by Crippen LogP contribution is -2.74. The van der Waals surface area contributed by atoms with Gasteiger partial charge in [-0.15, -0.1) is 0 Å². The van der Waals surface area contributed by atoms with Crippen molar-refractivity contribution in [1.82, 2.24) is 30.0 Å². The maximum atomic E-state index is 15.5. The molecule has 2 aromatic carbocycles. The van der Waals surface area contributed by atoms with E-state index in [1.165, 1.54) is 6.07 Å². The molecule has 0 radical (unpaired) electrons. The molecular formula is C44H42ClFN8O6. The van der Waals surface area contributed by atoms with Crippen LogP contribution in [0.4, 0.5) is 15.8 Å². The van der Waals surface area contributed by atoms with Gasteiger partial charge < -0.3 is 14.5 Å². The number of hydrogen-bond acceptors (Lipinski definition) is 10. The number of nitrogens with zero attached hydrogens (tertiary/aromatic N) is 7. The number of carbonyl (C=O) groups is 5. The molecule has 0 spiro atoms. The zero-order chi connectivity index (χ0) is 42.4. The van der Waals surface area contributed by atoms with E-state index in [-0.39, 0.29) is 53.6 Å². The van der Waals surface area contributed by atoms with Gasteiger partial charge in [0.25, 0.3) is 17.7 Å². The van der Waals surface area contributed by atoms with Gasteiger partial charge in [-0.1, -0.05) is 51.3 Å². The van der Waals surface area contributed by atoms with Crippen LogP contribution in [0.25, 0.3) is 4.85 Å². The van der Waals surface area contributed by atoms with Crippen LogP contribution in [-0.4, -0.2) is 105 Å². The number of amides is 5. The summed E-state index contributed by atoms with van der Waals surface area (Å²) in [5.41, 5.74) is 1.22. The molecule has 2 saturated heterocycles. The quantitative estimate of drug-likeness (QED) is 0.204. The van der Waals surface area contributed by atoms with Crippen LogP contribution >= 0.6 is 11.6 Å². The molecule has 5 heterocycles. The lowest BCUT2D eigenvalue weighted by Gasteiger charge is -2.65. The molecule has 14 nitrogen and oxygen atoms in total. The highest BCUT2D eigenvalue weighted by molar-refractivity contribution is 6.33. The van der Waals surface area contributed by atoms with Crippen LogP contribution in [0.3, 0.4) is 0 Å². The highest BCUT2D eigenvalue weighted by Gasteiger charge is 2.67. The molecule has 0 bridgehead atoms. The Morgan fingerprint density at radius 1 is 0.967 bits per heavy atom. The molecule has 1 N–H and O–H groups in total. The highest BCUT2D eigenvalue weighted by Crippen LogP contribution is 2.59. The van der Waals surface area contributed by atoms with Crippen LogP contribution in [0.2, 0.25) is 5.02 Å². The molecule has 308 valence electrons. The van der Waals surface area contributed by atoms with Crippen molar-refractivity contribution in [2.24, 2.45) is 16.7 Å². The summed E-state index contributed by atoms with van der Waals surface area (Å²) in [7, 11) is 0. The third-order valence-corrected chi connectivity index (χ3v) is 13.5. The summed E-state index contributed by atoms with van der Waals surface area (Å²) in [4.78, 5) is 83.8. The molecule has 4 aliphatic heterocycles. The first-order valence-electron chi connectivity index (χ1n) is 20.1. The van der Waals surface area contributed by atoms with Crippen LogP contribution in [0.5, 0.6) is 5.75 Å². The zero-order valence-corrected chi connectivity index (χ0v) is 34.3. The number of anilines is 1. The van der Waals surface area contributed by atoms with Crippen molar-refractivity contribution in [2.45, 2.75) is 84.2 Å². The van der Waals surface area contributed by atoms with Gasteiger partial charge in [-0.05, 0) is 49.4 Å². The molecule has 5 amide bonds. The third-order valence-electron chi connectivity index (χ3n) is 13.2. The minimum absolute atomic E-state index is 0.00622. The molecule has 1 atom stereocenters. The average Bonchev–Trinajstić information content (AvgIpc) is 3.62. The van der Waals surface area contributed by atoms with Gasteiger partial charge in [0.05, 0.1) is 46.8 Å². The topological polar surface area (TPSA) is 150 Å². The monoisotopic (exact) mass is 832 g/mol. The van der Waals surface area contributed by atoms with Gasteiger partial charge in [0.15, 0.2) is 5.69 Å². The summed E-state index contributed by atoms with van der Waals surface area (Å²) in [5.74, 6) is 3.95.